The molecule has 4 nitrogen and oxygen atoms in total. The van der Waals surface area contributed by atoms with Gasteiger partial charge >= 0.3 is 0 Å². The van der Waals surface area contributed by atoms with E-state index < -0.39 is 5.60 Å². The molecule has 2 fully saturated rings. The maximum Gasteiger partial charge on any atom is 0.263 e. The third-order valence-electron chi connectivity index (χ3n) is 5.24. The Morgan fingerprint density at radius 2 is 1.39 bits per heavy atom. The molecule has 0 bridgehead atoms. The van der Waals surface area contributed by atoms with Crippen molar-refractivity contribution >= 4 is 5.91 Å². The number of hydrogen-bond donors (Lipinski definition) is 2. The molecule has 4 heteroatoms. The van der Waals surface area contributed by atoms with Gasteiger partial charge in [0.25, 0.3) is 5.91 Å². The summed E-state index contributed by atoms with van der Waals surface area (Å²) in [5.74, 6) is 0.541. The highest BCUT2D eigenvalue weighted by atomic mass is 16.3. The van der Waals surface area contributed by atoms with Gasteiger partial charge in [0.05, 0.1) is 0 Å². The molecule has 1 amide bonds. The fraction of sp³-hybridized carbons (Fsp3) is 0.316. The molecule has 3 N–H and O–H groups in total. The summed E-state index contributed by atoms with van der Waals surface area (Å²) >= 11 is 0. The zero-order valence-corrected chi connectivity index (χ0v) is 12.8. The van der Waals surface area contributed by atoms with Gasteiger partial charge in [-0.15, -0.1) is 0 Å². The van der Waals surface area contributed by atoms with Crippen LogP contribution < -0.4 is 5.73 Å². The lowest BCUT2D eigenvalue weighted by Gasteiger charge is -2.33. The first-order valence-electron chi connectivity index (χ1n) is 8.00. The lowest BCUT2D eigenvalue weighted by molar-refractivity contribution is -0.147. The highest BCUT2D eigenvalue weighted by molar-refractivity contribution is 5.90. The fourth-order valence-corrected chi connectivity index (χ4v) is 3.74. The van der Waals surface area contributed by atoms with Gasteiger partial charge in [-0.3, -0.25) is 4.79 Å². The molecule has 0 radical (unpaired) electrons. The van der Waals surface area contributed by atoms with E-state index in [2.05, 4.69) is 0 Å². The average Bonchev–Trinajstić information content (AvgIpc) is 3.02. The summed E-state index contributed by atoms with van der Waals surface area (Å²) < 4.78 is 0. The minimum Gasteiger partial charge on any atom is -0.372 e. The normalized spacial score (nSPS) is 26.0. The van der Waals surface area contributed by atoms with Crippen LogP contribution >= 0.6 is 0 Å². The molecule has 23 heavy (non-hydrogen) atoms. The smallest absolute Gasteiger partial charge is 0.263 e. The Hall–Kier alpha value is -2.17. The highest BCUT2D eigenvalue weighted by Crippen LogP contribution is 2.45. The van der Waals surface area contributed by atoms with Crippen molar-refractivity contribution in [3.05, 3.63) is 71.8 Å². The van der Waals surface area contributed by atoms with Gasteiger partial charge in [-0.1, -0.05) is 60.7 Å². The Balaban J connectivity index is 1.73. The average molecular weight is 308 g/mol. The minimum absolute atomic E-state index is 0.223. The van der Waals surface area contributed by atoms with Gasteiger partial charge in [-0.25, -0.2) is 0 Å². The number of likely N-dealkylation sites (tertiary alicyclic amines) is 1. The molecule has 1 heterocycles. The number of nitrogens with zero attached hydrogens (tertiary/aromatic N) is 1. The first kappa shape index (κ1) is 14.4. The number of hydrogen-bond acceptors (Lipinski definition) is 3. The molecular formula is C19H20N2O2. The zero-order valence-electron chi connectivity index (χ0n) is 12.8. The van der Waals surface area contributed by atoms with Gasteiger partial charge in [-0.05, 0) is 23.0 Å². The summed E-state index contributed by atoms with van der Waals surface area (Å²) in [6, 6.07) is 18.5. The van der Waals surface area contributed by atoms with Crippen molar-refractivity contribution in [3.8, 4) is 0 Å². The monoisotopic (exact) mass is 308 g/mol. The van der Waals surface area contributed by atoms with E-state index in [1.165, 1.54) is 0 Å². The molecule has 1 saturated heterocycles. The van der Waals surface area contributed by atoms with Crippen LogP contribution in [0.4, 0.5) is 0 Å². The number of amides is 1. The summed E-state index contributed by atoms with van der Waals surface area (Å²) in [7, 11) is 0. The van der Waals surface area contributed by atoms with Crippen LogP contribution in [0, 0.1) is 11.8 Å². The Morgan fingerprint density at radius 3 is 1.83 bits per heavy atom. The maximum atomic E-state index is 13.2. The van der Waals surface area contributed by atoms with E-state index in [1.54, 1.807) is 29.2 Å². The fourth-order valence-electron chi connectivity index (χ4n) is 3.74. The van der Waals surface area contributed by atoms with E-state index in [1.807, 2.05) is 36.4 Å². The number of benzene rings is 2. The second-order valence-electron chi connectivity index (χ2n) is 6.56. The van der Waals surface area contributed by atoms with Crippen LogP contribution in [0.5, 0.6) is 0 Å². The van der Waals surface area contributed by atoms with E-state index in [4.69, 9.17) is 5.73 Å². The molecule has 1 aliphatic heterocycles. The molecule has 118 valence electrons. The standard InChI is InChI=1S/C19H20N2O2/c20-17-15-11-21(12-16(15)17)18(22)19(23,13-7-3-1-4-8-13)14-9-5-2-6-10-14/h1-10,15-17,23H,11-12,20H2. The van der Waals surface area contributed by atoms with Crippen molar-refractivity contribution in [2.45, 2.75) is 11.6 Å². The van der Waals surface area contributed by atoms with Crippen LogP contribution in [-0.2, 0) is 10.4 Å². The van der Waals surface area contributed by atoms with Gasteiger partial charge in [-0.2, -0.15) is 0 Å². The maximum absolute atomic E-state index is 13.2. The van der Waals surface area contributed by atoms with Crippen LogP contribution in [0.1, 0.15) is 11.1 Å². The quantitative estimate of drug-likeness (QED) is 0.899. The Kier molecular flexibility index (Phi) is 3.25. The molecule has 1 saturated carbocycles. The molecule has 2 aliphatic rings. The summed E-state index contributed by atoms with van der Waals surface area (Å²) in [5, 5.41) is 11.4. The number of rotatable bonds is 3. The zero-order chi connectivity index (χ0) is 16.0. The number of carbonyl (C=O) groups excluding carboxylic acids is 1. The van der Waals surface area contributed by atoms with E-state index in [9.17, 15) is 9.90 Å². The Labute approximate surface area is 135 Å². The topological polar surface area (TPSA) is 66.6 Å². The molecule has 2 aromatic rings. The molecular weight excluding hydrogens is 288 g/mol. The SMILES string of the molecule is NC1C2CN(C(=O)C(O)(c3ccccc3)c3ccccc3)CC12. The second kappa shape index (κ2) is 5.18. The van der Waals surface area contributed by atoms with Crippen LogP contribution in [-0.4, -0.2) is 35.0 Å². The molecule has 0 spiro atoms. The Bertz CT molecular complexity index is 665. The first-order valence-corrected chi connectivity index (χ1v) is 8.00. The Morgan fingerprint density at radius 1 is 0.957 bits per heavy atom. The largest absolute Gasteiger partial charge is 0.372 e. The van der Waals surface area contributed by atoms with Crippen LogP contribution in [0.3, 0.4) is 0 Å². The molecule has 0 aromatic heterocycles. The summed E-state index contributed by atoms with van der Waals surface area (Å²) in [5.41, 5.74) is 5.51. The number of fused-ring (bicyclic) bond motifs is 1. The van der Waals surface area contributed by atoms with E-state index in [-0.39, 0.29) is 11.9 Å². The van der Waals surface area contributed by atoms with E-state index in [0.717, 1.165) is 0 Å². The van der Waals surface area contributed by atoms with Crippen molar-refractivity contribution in [1.29, 1.82) is 0 Å². The molecule has 2 aromatic carbocycles. The summed E-state index contributed by atoms with van der Waals surface area (Å²) in [4.78, 5) is 14.9. The van der Waals surface area contributed by atoms with E-state index in [0.29, 0.717) is 36.1 Å². The van der Waals surface area contributed by atoms with Crippen molar-refractivity contribution in [2.24, 2.45) is 17.6 Å². The summed E-state index contributed by atoms with van der Waals surface area (Å²) in [6.45, 7) is 1.29. The van der Waals surface area contributed by atoms with Crippen molar-refractivity contribution in [2.75, 3.05) is 13.1 Å². The lowest BCUT2D eigenvalue weighted by Crippen LogP contribution is -2.48. The number of piperidine rings is 1. The molecule has 2 atom stereocenters. The predicted octanol–water partition coefficient (Wildman–Crippen LogP) is 1.34. The number of aliphatic hydroxyl groups is 1. The van der Waals surface area contributed by atoms with Crippen LogP contribution in [0.25, 0.3) is 0 Å². The number of nitrogens with two attached hydrogens (primary N) is 1. The molecule has 4 rings (SSSR count). The third-order valence-corrected chi connectivity index (χ3v) is 5.24. The highest BCUT2D eigenvalue weighted by Gasteiger charge is 2.57. The first-order chi connectivity index (χ1) is 11.1. The predicted molar refractivity (Wildman–Crippen MR) is 87.4 cm³/mol. The van der Waals surface area contributed by atoms with Crippen molar-refractivity contribution < 1.29 is 9.90 Å². The number of carbonyl (C=O) groups is 1. The summed E-state index contributed by atoms with van der Waals surface area (Å²) in [6.07, 6.45) is 0. The van der Waals surface area contributed by atoms with Gasteiger partial charge in [0.2, 0.25) is 0 Å². The van der Waals surface area contributed by atoms with Gasteiger partial charge < -0.3 is 15.7 Å². The molecule has 2 unspecified atom stereocenters. The van der Waals surface area contributed by atoms with Gasteiger partial charge in [0.15, 0.2) is 5.60 Å². The molecule has 1 aliphatic carbocycles. The van der Waals surface area contributed by atoms with Gasteiger partial charge in [0, 0.05) is 19.1 Å². The van der Waals surface area contributed by atoms with Crippen molar-refractivity contribution in [3.63, 3.8) is 0 Å². The van der Waals surface area contributed by atoms with E-state index >= 15 is 0 Å². The van der Waals surface area contributed by atoms with Gasteiger partial charge in [0.1, 0.15) is 0 Å². The second-order valence-corrected chi connectivity index (χ2v) is 6.56. The lowest BCUT2D eigenvalue weighted by atomic mass is 9.85. The van der Waals surface area contributed by atoms with Crippen LogP contribution in [0.2, 0.25) is 0 Å². The van der Waals surface area contributed by atoms with Crippen molar-refractivity contribution in [1.82, 2.24) is 4.90 Å². The van der Waals surface area contributed by atoms with Crippen LogP contribution in [0.15, 0.2) is 60.7 Å². The third kappa shape index (κ3) is 2.18. The minimum atomic E-state index is -1.65.